The second-order valence-electron chi connectivity index (χ2n) is 6.74. The fourth-order valence-corrected chi connectivity index (χ4v) is 5.38. The quantitative estimate of drug-likeness (QED) is 0.715. The van der Waals surface area contributed by atoms with Crippen LogP contribution in [0.1, 0.15) is 0 Å². The number of halogens is 3. The van der Waals surface area contributed by atoms with Crippen molar-refractivity contribution in [2.24, 2.45) is 0 Å². The van der Waals surface area contributed by atoms with Gasteiger partial charge < -0.3 is 10.1 Å². The molecule has 2 aromatic carbocycles. The summed E-state index contributed by atoms with van der Waals surface area (Å²) in [6.07, 6.45) is 0. The molecule has 0 radical (unpaired) electrons. The van der Waals surface area contributed by atoms with Gasteiger partial charge in [0.15, 0.2) is 0 Å². The predicted molar refractivity (Wildman–Crippen MR) is 122 cm³/mol. The minimum Gasteiger partial charge on any atom is -0.494 e. The molecule has 4 rings (SSSR count). The summed E-state index contributed by atoms with van der Waals surface area (Å²) in [5.41, 5.74) is 1.44. The average Bonchev–Trinajstić information content (AvgIpc) is 2.93. The van der Waals surface area contributed by atoms with Gasteiger partial charge in [0.2, 0.25) is 0 Å². The Bertz CT molecular complexity index is 974. The highest BCUT2D eigenvalue weighted by Gasteiger charge is 2.42. The molecule has 0 bridgehead atoms. The van der Waals surface area contributed by atoms with E-state index in [1.54, 1.807) is 18.2 Å². The number of nitrogens with one attached hydrogen (secondary N) is 1. The van der Waals surface area contributed by atoms with Gasteiger partial charge in [0.05, 0.1) is 18.5 Å². The average molecular weight is 479 g/mol. The van der Waals surface area contributed by atoms with E-state index in [2.05, 4.69) is 10.2 Å². The van der Waals surface area contributed by atoms with Crippen molar-refractivity contribution in [3.8, 4) is 5.75 Å². The molecule has 2 heterocycles. The topological polar surface area (TPSA) is 65.1 Å². The second kappa shape index (κ2) is 10.0. The number of ether oxygens (including phenoxy) is 1. The van der Waals surface area contributed by atoms with Gasteiger partial charge in [-0.3, -0.25) is 4.90 Å². The molecule has 11 heteroatoms. The molecule has 30 heavy (non-hydrogen) atoms. The number of benzene rings is 2. The number of hydrogen-bond acceptors (Lipinski definition) is 5. The van der Waals surface area contributed by atoms with Gasteiger partial charge in [-0.05, 0) is 24.3 Å². The molecule has 2 aromatic rings. The highest BCUT2D eigenvalue weighted by molar-refractivity contribution is 7.95. The van der Waals surface area contributed by atoms with Crippen molar-refractivity contribution >= 4 is 52.1 Å². The van der Waals surface area contributed by atoms with E-state index in [0.29, 0.717) is 30.2 Å². The molecule has 7 nitrogen and oxygen atoms in total. The molecule has 0 spiro atoms. The van der Waals surface area contributed by atoms with E-state index in [1.165, 1.54) is 33.9 Å². The van der Waals surface area contributed by atoms with Crippen molar-refractivity contribution in [1.29, 1.82) is 0 Å². The van der Waals surface area contributed by atoms with Crippen molar-refractivity contribution in [2.75, 3.05) is 55.0 Å². The zero-order valence-electron chi connectivity index (χ0n) is 16.5. The van der Waals surface area contributed by atoms with Crippen LogP contribution in [0.4, 0.5) is 21.5 Å². The van der Waals surface area contributed by atoms with Crippen LogP contribution < -0.4 is 18.7 Å². The molecule has 2 aliphatic rings. The van der Waals surface area contributed by atoms with Gasteiger partial charge in [0.25, 0.3) is 0 Å². The standard InChI is InChI=1S/C19H23FN4O3S.2ClH/c1-27-19-14-15(20)6-7-18(19)24-17-5-3-2-4-16(17)23(28(24,25)26)13-12-22-10-8-21-9-11-22;;/h2-7,14,21H,8-13H2,1H3;2*1H. The van der Waals surface area contributed by atoms with Crippen LogP contribution in [0.3, 0.4) is 0 Å². The summed E-state index contributed by atoms with van der Waals surface area (Å²) in [6, 6.07) is 11.0. The Balaban J connectivity index is 0.00000160. The van der Waals surface area contributed by atoms with Crippen LogP contribution in [0.15, 0.2) is 42.5 Å². The molecule has 0 unspecified atom stereocenters. The number of para-hydroxylation sites is 2. The van der Waals surface area contributed by atoms with E-state index < -0.39 is 16.0 Å². The molecular formula is C19H25Cl2FN4O3S. The van der Waals surface area contributed by atoms with Gasteiger partial charge >= 0.3 is 10.2 Å². The molecular weight excluding hydrogens is 454 g/mol. The van der Waals surface area contributed by atoms with E-state index in [9.17, 15) is 12.8 Å². The number of fused-ring (bicyclic) bond motifs is 1. The van der Waals surface area contributed by atoms with E-state index in [-0.39, 0.29) is 30.6 Å². The number of methoxy groups -OCH3 is 1. The van der Waals surface area contributed by atoms with Crippen LogP contribution in [-0.4, -0.2) is 59.7 Å². The van der Waals surface area contributed by atoms with Crippen molar-refractivity contribution in [1.82, 2.24) is 10.2 Å². The third-order valence-corrected chi connectivity index (χ3v) is 6.86. The summed E-state index contributed by atoms with van der Waals surface area (Å²) in [6.45, 7) is 4.59. The maximum Gasteiger partial charge on any atom is 0.331 e. The Kier molecular flexibility index (Phi) is 8.18. The SMILES string of the molecule is COc1cc(F)ccc1N1c2ccccc2N(CCN2CCNCC2)S1(=O)=O.Cl.Cl. The van der Waals surface area contributed by atoms with Crippen molar-refractivity contribution in [3.05, 3.63) is 48.3 Å². The predicted octanol–water partition coefficient (Wildman–Crippen LogP) is 2.79. The summed E-state index contributed by atoms with van der Waals surface area (Å²) in [5.74, 6) is -0.316. The Morgan fingerprint density at radius 2 is 1.67 bits per heavy atom. The number of rotatable bonds is 5. The summed E-state index contributed by atoms with van der Waals surface area (Å²) in [4.78, 5) is 2.25. The number of hydrogen-bond donors (Lipinski definition) is 1. The highest BCUT2D eigenvalue weighted by atomic mass is 35.5. The minimum absolute atomic E-state index is 0. The molecule has 1 N–H and O–H groups in total. The largest absolute Gasteiger partial charge is 0.494 e. The van der Waals surface area contributed by atoms with Crippen molar-refractivity contribution in [2.45, 2.75) is 0 Å². The van der Waals surface area contributed by atoms with Crippen LogP contribution in [0.2, 0.25) is 0 Å². The molecule has 1 saturated heterocycles. The molecule has 0 atom stereocenters. The zero-order valence-corrected chi connectivity index (χ0v) is 18.9. The van der Waals surface area contributed by atoms with Gasteiger partial charge in [0, 0.05) is 45.3 Å². The first kappa shape index (κ1) is 24.5. The molecule has 1 fully saturated rings. The molecule has 166 valence electrons. The summed E-state index contributed by atoms with van der Waals surface area (Å²) in [7, 11) is -2.47. The lowest BCUT2D eigenvalue weighted by Crippen LogP contribution is -2.47. The first-order valence-corrected chi connectivity index (χ1v) is 10.6. The van der Waals surface area contributed by atoms with E-state index in [1.807, 2.05) is 6.07 Å². The number of nitrogens with zero attached hydrogens (tertiary/aromatic N) is 3. The van der Waals surface area contributed by atoms with Gasteiger partial charge in [-0.2, -0.15) is 8.42 Å². The third-order valence-electron chi connectivity index (χ3n) is 5.07. The second-order valence-corrected chi connectivity index (χ2v) is 8.44. The minimum atomic E-state index is -3.86. The Morgan fingerprint density at radius 1 is 1.00 bits per heavy atom. The fraction of sp³-hybridized carbons (Fsp3) is 0.368. The first-order valence-electron chi connectivity index (χ1n) is 9.21. The lowest BCUT2D eigenvalue weighted by molar-refractivity contribution is 0.248. The third kappa shape index (κ3) is 4.45. The Labute approximate surface area is 188 Å². The summed E-state index contributed by atoms with van der Waals surface area (Å²) in [5, 5.41) is 3.29. The molecule has 0 aromatic heterocycles. The molecule has 0 aliphatic carbocycles. The Morgan fingerprint density at radius 3 is 2.33 bits per heavy atom. The number of anilines is 3. The van der Waals surface area contributed by atoms with Crippen molar-refractivity contribution < 1.29 is 17.5 Å². The van der Waals surface area contributed by atoms with Gasteiger partial charge in [-0.1, -0.05) is 12.1 Å². The smallest absolute Gasteiger partial charge is 0.331 e. The van der Waals surface area contributed by atoms with E-state index in [4.69, 9.17) is 4.74 Å². The summed E-state index contributed by atoms with van der Waals surface area (Å²) >= 11 is 0. The molecule has 0 saturated carbocycles. The van der Waals surface area contributed by atoms with E-state index in [0.717, 1.165) is 26.2 Å². The monoisotopic (exact) mass is 478 g/mol. The van der Waals surface area contributed by atoms with Crippen LogP contribution in [0.25, 0.3) is 0 Å². The van der Waals surface area contributed by atoms with Crippen molar-refractivity contribution in [3.63, 3.8) is 0 Å². The lowest BCUT2D eigenvalue weighted by Gasteiger charge is -2.29. The van der Waals surface area contributed by atoms with Crippen LogP contribution in [-0.2, 0) is 10.2 Å². The Hall–Kier alpha value is -1.78. The summed E-state index contributed by atoms with van der Waals surface area (Å²) < 4.78 is 48.5. The maximum absolute atomic E-state index is 13.6. The maximum atomic E-state index is 13.6. The normalized spacial score (nSPS) is 17.7. The van der Waals surface area contributed by atoms with Gasteiger partial charge in [-0.15, -0.1) is 24.8 Å². The zero-order chi connectivity index (χ0) is 19.7. The number of piperazine rings is 1. The first-order chi connectivity index (χ1) is 13.5. The van der Waals surface area contributed by atoms with Crippen LogP contribution in [0, 0.1) is 5.82 Å². The molecule has 2 aliphatic heterocycles. The van der Waals surface area contributed by atoms with Crippen LogP contribution >= 0.6 is 24.8 Å². The van der Waals surface area contributed by atoms with Gasteiger partial charge in [-0.25, -0.2) is 13.0 Å². The van der Waals surface area contributed by atoms with E-state index >= 15 is 0 Å². The lowest BCUT2D eigenvalue weighted by atomic mass is 10.2. The van der Waals surface area contributed by atoms with Gasteiger partial charge in [0.1, 0.15) is 17.3 Å². The highest BCUT2D eigenvalue weighted by Crippen LogP contribution is 2.47. The molecule has 0 amide bonds. The van der Waals surface area contributed by atoms with Crippen LogP contribution in [0.5, 0.6) is 5.75 Å². The fourth-order valence-electron chi connectivity index (χ4n) is 3.67.